The zero-order valence-electron chi connectivity index (χ0n) is 17.8. The minimum Gasteiger partial charge on any atom is -0.384 e. The van der Waals surface area contributed by atoms with Gasteiger partial charge in [0.25, 0.3) is 0 Å². The fourth-order valence-electron chi connectivity index (χ4n) is 3.79. The normalized spacial score (nSPS) is 13.8. The molecule has 1 saturated heterocycles. The maximum absolute atomic E-state index is 12.5. The van der Waals surface area contributed by atoms with Crippen LogP contribution in [0.1, 0.15) is 5.56 Å². The monoisotopic (exact) mass is 452 g/mol. The third-order valence-corrected chi connectivity index (χ3v) is 5.73. The van der Waals surface area contributed by atoms with Gasteiger partial charge in [-0.2, -0.15) is 0 Å². The summed E-state index contributed by atoms with van der Waals surface area (Å²) in [5.74, 6) is 0.165. The van der Waals surface area contributed by atoms with Crippen LogP contribution in [0.3, 0.4) is 0 Å². The fraction of sp³-hybridized carbons (Fsp3) is 0.261. The van der Waals surface area contributed by atoms with E-state index in [4.69, 9.17) is 17.3 Å². The molecule has 0 spiro atoms. The van der Waals surface area contributed by atoms with E-state index in [1.54, 1.807) is 11.0 Å². The van der Waals surface area contributed by atoms with Crippen molar-refractivity contribution in [1.82, 2.24) is 15.2 Å². The number of carbonyl (C=O) groups excluding carboxylic acids is 2. The molecule has 1 fully saturated rings. The van der Waals surface area contributed by atoms with Gasteiger partial charge >= 0.3 is 6.03 Å². The number of hydrogen-bond donors (Lipinski definition) is 3. The average Bonchev–Trinajstić information content (AvgIpc) is 2.78. The highest BCUT2D eigenvalue weighted by Crippen LogP contribution is 2.30. The molecule has 4 N–H and O–H groups in total. The molecule has 32 heavy (non-hydrogen) atoms. The number of aromatic nitrogens is 1. The van der Waals surface area contributed by atoms with Gasteiger partial charge < -0.3 is 26.2 Å². The quantitative estimate of drug-likeness (QED) is 0.563. The maximum atomic E-state index is 12.5. The van der Waals surface area contributed by atoms with Crippen LogP contribution in [-0.4, -0.2) is 54.5 Å². The standard InChI is InChI=1S/C23H25ClN6O2/c1-15-4-2-3-5-18(15)28-22(31)14-26-23(32)30-10-8-29(9-11-30)20-13-21(25)27-19-12-16(24)6-7-17(19)20/h2-7,12-13H,8-11,14H2,1H3,(H2,25,27)(H,26,32)(H,28,31). The van der Waals surface area contributed by atoms with Gasteiger partial charge in [0, 0.05) is 54.0 Å². The molecule has 0 bridgehead atoms. The van der Waals surface area contributed by atoms with Gasteiger partial charge in [0.05, 0.1) is 12.1 Å². The van der Waals surface area contributed by atoms with Crippen LogP contribution in [0.4, 0.5) is 22.0 Å². The van der Waals surface area contributed by atoms with Gasteiger partial charge in [-0.3, -0.25) is 4.79 Å². The Morgan fingerprint density at radius 1 is 1.09 bits per heavy atom. The molecule has 2 heterocycles. The van der Waals surface area contributed by atoms with Crippen LogP contribution in [0.2, 0.25) is 5.02 Å². The molecular formula is C23H25ClN6O2. The molecule has 0 radical (unpaired) electrons. The van der Waals surface area contributed by atoms with Crippen molar-refractivity contribution in [2.75, 3.05) is 48.7 Å². The molecule has 0 unspecified atom stereocenters. The zero-order valence-corrected chi connectivity index (χ0v) is 18.5. The number of pyridine rings is 1. The number of aryl methyl sites for hydroxylation is 1. The summed E-state index contributed by atoms with van der Waals surface area (Å²) in [4.78, 5) is 33.0. The number of anilines is 3. The van der Waals surface area contributed by atoms with Crippen LogP contribution in [0, 0.1) is 6.92 Å². The molecule has 0 aliphatic carbocycles. The summed E-state index contributed by atoms with van der Waals surface area (Å²) >= 11 is 6.09. The lowest BCUT2D eigenvalue weighted by Crippen LogP contribution is -2.52. The van der Waals surface area contributed by atoms with E-state index in [9.17, 15) is 9.59 Å². The highest BCUT2D eigenvalue weighted by atomic mass is 35.5. The zero-order chi connectivity index (χ0) is 22.7. The number of nitrogens with one attached hydrogen (secondary N) is 2. The van der Waals surface area contributed by atoms with Crippen molar-refractivity contribution in [2.24, 2.45) is 0 Å². The molecule has 4 rings (SSSR count). The fourth-order valence-corrected chi connectivity index (χ4v) is 3.96. The summed E-state index contributed by atoms with van der Waals surface area (Å²) in [6.45, 7) is 4.18. The predicted octanol–water partition coefficient (Wildman–Crippen LogP) is 3.25. The van der Waals surface area contributed by atoms with Gasteiger partial charge in [0.1, 0.15) is 5.82 Å². The molecule has 1 aromatic heterocycles. The number of urea groups is 1. The lowest BCUT2D eigenvalue weighted by atomic mass is 10.1. The Balaban J connectivity index is 1.33. The van der Waals surface area contributed by atoms with Gasteiger partial charge in [-0.1, -0.05) is 29.8 Å². The SMILES string of the molecule is Cc1ccccc1NC(=O)CNC(=O)N1CCN(c2cc(N)nc3cc(Cl)ccc23)CC1. The maximum Gasteiger partial charge on any atom is 0.317 e. The lowest BCUT2D eigenvalue weighted by molar-refractivity contribution is -0.115. The first-order chi connectivity index (χ1) is 15.4. The van der Waals surface area contributed by atoms with Gasteiger partial charge in [0.15, 0.2) is 0 Å². The van der Waals surface area contributed by atoms with E-state index in [0.29, 0.717) is 37.0 Å². The molecule has 0 saturated carbocycles. The molecule has 3 amide bonds. The predicted molar refractivity (Wildman–Crippen MR) is 128 cm³/mol. The summed E-state index contributed by atoms with van der Waals surface area (Å²) in [7, 11) is 0. The Kier molecular flexibility index (Phi) is 6.32. The number of para-hydroxylation sites is 1. The van der Waals surface area contributed by atoms with Crippen molar-refractivity contribution < 1.29 is 9.59 Å². The van der Waals surface area contributed by atoms with Crippen molar-refractivity contribution >= 4 is 51.6 Å². The molecular weight excluding hydrogens is 428 g/mol. The van der Waals surface area contributed by atoms with E-state index in [-0.39, 0.29) is 18.5 Å². The molecule has 3 aromatic rings. The van der Waals surface area contributed by atoms with Crippen LogP contribution in [0.5, 0.6) is 0 Å². The first-order valence-corrected chi connectivity index (χ1v) is 10.8. The minimum absolute atomic E-state index is 0.0837. The number of amides is 3. The van der Waals surface area contributed by atoms with Crippen LogP contribution in [0.15, 0.2) is 48.5 Å². The minimum atomic E-state index is -0.260. The van der Waals surface area contributed by atoms with E-state index in [1.165, 1.54) is 0 Å². The van der Waals surface area contributed by atoms with E-state index in [0.717, 1.165) is 27.8 Å². The average molecular weight is 453 g/mol. The molecule has 166 valence electrons. The van der Waals surface area contributed by atoms with Crippen molar-refractivity contribution in [1.29, 1.82) is 0 Å². The number of halogens is 1. The number of fused-ring (bicyclic) bond motifs is 1. The summed E-state index contributed by atoms with van der Waals surface area (Å²) in [5.41, 5.74) is 9.42. The van der Waals surface area contributed by atoms with Gasteiger partial charge in [0.2, 0.25) is 5.91 Å². The highest BCUT2D eigenvalue weighted by molar-refractivity contribution is 6.31. The van der Waals surface area contributed by atoms with Gasteiger partial charge in [-0.05, 0) is 36.8 Å². The largest absolute Gasteiger partial charge is 0.384 e. The topological polar surface area (TPSA) is 104 Å². The summed E-state index contributed by atoms with van der Waals surface area (Å²) in [6, 6.07) is 14.7. The van der Waals surface area contributed by atoms with Gasteiger partial charge in [-0.15, -0.1) is 0 Å². The van der Waals surface area contributed by atoms with Crippen molar-refractivity contribution in [3.8, 4) is 0 Å². The third-order valence-electron chi connectivity index (χ3n) is 5.50. The Hall–Kier alpha value is -3.52. The summed E-state index contributed by atoms with van der Waals surface area (Å²) in [5, 5.41) is 7.09. The molecule has 1 aliphatic rings. The van der Waals surface area contributed by atoms with Gasteiger partial charge in [-0.25, -0.2) is 9.78 Å². The van der Waals surface area contributed by atoms with Crippen molar-refractivity contribution in [2.45, 2.75) is 6.92 Å². The number of nitrogen functional groups attached to an aromatic ring is 1. The first kappa shape index (κ1) is 21.7. The number of benzene rings is 2. The Bertz CT molecular complexity index is 1160. The first-order valence-electron chi connectivity index (χ1n) is 10.4. The number of nitrogens with zero attached hydrogens (tertiary/aromatic N) is 3. The van der Waals surface area contributed by atoms with E-state index < -0.39 is 0 Å². The second-order valence-electron chi connectivity index (χ2n) is 7.72. The van der Waals surface area contributed by atoms with Crippen molar-refractivity contribution in [3.63, 3.8) is 0 Å². The molecule has 9 heteroatoms. The van der Waals surface area contributed by atoms with Crippen LogP contribution >= 0.6 is 11.6 Å². The van der Waals surface area contributed by atoms with Crippen LogP contribution in [0.25, 0.3) is 10.9 Å². The molecule has 8 nitrogen and oxygen atoms in total. The Labute approximate surface area is 191 Å². The number of carbonyl (C=O) groups is 2. The highest BCUT2D eigenvalue weighted by Gasteiger charge is 2.23. The van der Waals surface area contributed by atoms with E-state index in [1.807, 2.05) is 49.4 Å². The number of nitrogens with two attached hydrogens (primary N) is 1. The number of piperazine rings is 1. The lowest BCUT2D eigenvalue weighted by Gasteiger charge is -2.36. The van der Waals surface area contributed by atoms with Crippen LogP contribution in [-0.2, 0) is 4.79 Å². The summed E-state index contributed by atoms with van der Waals surface area (Å²) in [6.07, 6.45) is 0. The second-order valence-corrected chi connectivity index (χ2v) is 8.16. The van der Waals surface area contributed by atoms with E-state index in [2.05, 4.69) is 20.5 Å². The van der Waals surface area contributed by atoms with Crippen molar-refractivity contribution in [3.05, 3.63) is 59.1 Å². The molecule has 0 atom stereocenters. The molecule has 1 aliphatic heterocycles. The second kappa shape index (κ2) is 9.32. The number of rotatable bonds is 4. The Morgan fingerprint density at radius 2 is 1.84 bits per heavy atom. The van der Waals surface area contributed by atoms with E-state index >= 15 is 0 Å². The third kappa shape index (κ3) is 4.86. The number of hydrogen-bond acceptors (Lipinski definition) is 5. The molecule has 2 aromatic carbocycles. The van der Waals surface area contributed by atoms with Crippen LogP contribution < -0.4 is 21.3 Å². The summed E-state index contributed by atoms with van der Waals surface area (Å²) < 4.78 is 0. The smallest absolute Gasteiger partial charge is 0.317 e. The Morgan fingerprint density at radius 3 is 2.59 bits per heavy atom.